The number of pyridine rings is 1. The van der Waals surface area contributed by atoms with Crippen molar-refractivity contribution >= 4 is 11.6 Å². The molecule has 0 saturated heterocycles. The number of benzene rings is 1. The van der Waals surface area contributed by atoms with Gasteiger partial charge in [-0.25, -0.2) is 8.78 Å². The summed E-state index contributed by atoms with van der Waals surface area (Å²) in [6, 6.07) is 5.15. The Balaban J connectivity index is 2.25. The predicted molar refractivity (Wildman–Crippen MR) is 63.3 cm³/mol. The highest BCUT2D eigenvalue weighted by Gasteiger charge is 2.11. The third-order valence-corrected chi connectivity index (χ3v) is 2.45. The largest absolute Gasteiger partial charge is 0.319 e. The molecule has 18 heavy (non-hydrogen) atoms. The molecule has 5 heteroatoms. The van der Waals surface area contributed by atoms with Crippen LogP contribution in [-0.4, -0.2) is 10.9 Å². The van der Waals surface area contributed by atoms with Crippen LogP contribution in [0.5, 0.6) is 0 Å². The van der Waals surface area contributed by atoms with Crippen molar-refractivity contribution in [3.8, 4) is 0 Å². The topological polar surface area (TPSA) is 42.0 Å². The molecule has 3 nitrogen and oxygen atoms in total. The van der Waals surface area contributed by atoms with E-state index in [0.29, 0.717) is 11.1 Å². The molecule has 1 aromatic carbocycles. The molecule has 1 amide bonds. The summed E-state index contributed by atoms with van der Waals surface area (Å²) in [5.41, 5.74) is 0.827. The van der Waals surface area contributed by atoms with Crippen molar-refractivity contribution in [3.63, 3.8) is 0 Å². The van der Waals surface area contributed by atoms with E-state index in [2.05, 4.69) is 10.3 Å². The van der Waals surface area contributed by atoms with Crippen LogP contribution in [0.15, 0.2) is 36.7 Å². The average Bonchev–Trinajstić information content (AvgIpc) is 2.32. The molecule has 1 aromatic heterocycles. The number of hydrogen-bond acceptors (Lipinski definition) is 2. The molecular weight excluding hydrogens is 238 g/mol. The number of nitrogens with zero attached hydrogens (tertiary/aromatic N) is 1. The van der Waals surface area contributed by atoms with Gasteiger partial charge in [0.2, 0.25) is 0 Å². The number of amides is 1. The molecule has 0 atom stereocenters. The second-order valence-electron chi connectivity index (χ2n) is 3.77. The van der Waals surface area contributed by atoms with Gasteiger partial charge in [-0.15, -0.1) is 0 Å². The summed E-state index contributed by atoms with van der Waals surface area (Å²) in [5, 5.41) is 2.41. The Bertz CT molecular complexity index is 599. The Morgan fingerprint density at radius 3 is 2.72 bits per heavy atom. The van der Waals surface area contributed by atoms with E-state index in [-0.39, 0.29) is 5.69 Å². The molecule has 2 rings (SSSR count). The maximum atomic E-state index is 13.3. The summed E-state index contributed by atoms with van der Waals surface area (Å²) in [6.45, 7) is 1.61. The first-order valence-corrected chi connectivity index (χ1v) is 5.25. The Kier molecular flexibility index (Phi) is 3.32. The lowest BCUT2D eigenvalue weighted by molar-refractivity contribution is 0.102. The summed E-state index contributed by atoms with van der Waals surface area (Å²) in [7, 11) is 0. The smallest absolute Gasteiger partial charge is 0.256 e. The normalized spacial score (nSPS) is 10.2. The van der Waals surface area contributed by atoms with E-state index in [1.165, 1.54) is 30.5 Å². The Labute approximate surface area is 102 Å². The van der Waals surface area contributed by atoms with Crippen molar-refractivity contribution in [2.24, 2.45) is 0 Å². The van der Waals surface area contributed by atoms with E-state index in [9.17, 15) is 13.6 Å². The fourth-order valence-corrected chi connectivity index (χ4v) is 1.55. The summed E-state index contributed by atoms with van der Waals surface area (Å²) < 4.78 is 26.2. The van der Waals surface area contributed by atoms with Gasteiger partial charge in [0.05, 0.1) is 11.9 Å². The van der Waals surface area contributed by atoms with Crippen LogP contribution < -0.4 is 5.32 Å². The highest BCUT2D eigenvalue weighted by atomic mass is 19.1. The molecule has 0 aliphatic rings. The molecule has 92 valence electrons. The van der Waals surface area contributed by atoms with Gasteiger partial charge < -0.3 is 5.32 Å². The number of aromatic nitrogens is 1. The van der Waals surface area contributed by atoms with Crippen molar-refractivity contribution in [1.29, 1.82) is 0 Å². The van der Waals surface area contributed by atoms with E-state index in [4.69, 9.17) is 0 Å². The molecule has 0 aliphatic heterocycles. The maximum Gasteiger partial charge on any atom is 0.256 e. The molecule has 0 bridgehead atoms. The standard InChI is InChI=1S/C13H10F2N2O/c1-8-6-9(14)2-3-10(8)13(18)17-12-4-5-16-7-11(12)15/h2-7H,1H3,(H,16,17,18). The van der Waals surface area contributed by atoms with Crippen molar-refractivity contribution < 1.29 is 13.6 Å². The van der Waals surface area contributed by atoms with Gasteiger partial charge in [-0.1, -0.05) is 0 Å². The zero-order valence-electron chi connectivity index (χ0n) is 9.58. The van der Waals surface area contributed by atoms with Gasteiger partial charge >= 0.3 is 0 Å². The van der Waals surface area contributed by atoms with Crippen molar-refractivity contribution in [3.05, 3.63) is 59.4 Å². The highest BCUT2D eigenvalue weighted by Crippen LogP contribution is 2.15. The number of aryl methyl sites for hydroxylation is 1. The van der Waals surface area contributed by atoms with Gasteiger partial charge in [0.25, 0.3) is 5.91 Å². The quantitative estimate of drug-likeness (QED) is 0.887. The van der Waals surface area contributed by atoms with Gasteiger partial charge in [-0.2, -0.15) is 0 Å². The third-order valence-electron chi connectivity index (χ3n) is 2.45. The van der Waals surface area contributed by atoms with Crippen LogP contribution in [-0.2, 0) is 0 Å². The van der Waals surface area contributed by atoms with Crippen molar-refractivity contribution in [2.75, 3.05) is 5.32 Å². The van der Waals surface area contributed by atoms with Crippen LogP contribution in [0, 0.1) is 18.6 Å². The first-order chi connectivity index (χ1) is 8.58. The van der Waals surface area contributed by atoms with E-state index >= 15 is 0 Å². The van der Waals surface area contributed by atoms with Crippen molar-refractivity contribution in [2.45, 2.75) is 6.92 Å². The zero-order chi connectivity index (χ0) is 13.1. The van der Waals surface area contributed by atoms with E-state index < -0.39 is 17.5 Å². The van der Waals surface area contributed by atoms with E-state index in [1.807, 2.05) is 0 Å². The molecule has 0 unspecified atom stereocenters. The third kappa shape index (κ3) is 2.51. The van der Waals surface area contributed by atoms with Gasteiger partial charge in [0.15, 0.2) is 5.82 Å². The average molecular weight is 248 g/mol. The van der Waals surface area contributed by atoms with Crippen LogP contribution in [0.2, 0.25) is 0 Å². The summed E-state index contributed by atoms with van der Waals surface area (Å²) >= 11 is 0. The lowest BCUT2D eigenvalue weighted by Gasteiger charge is -2.08. The van der Waals surface area contributed by atoms with Gasteiger partial charge in [0, 0.05) is 11.8 Å². The van der Waals surface area contributed by atoms with Crippen LogP contribution in [0.3, 0.4) is 0 Å². The molecule has 1 heterocycles. The van der Waals surface area contributed by atoms with Crippen LogP contribution >= 0.6 is 0 Å². The van der Waals surface area contributed by atoms with Gasteiger partial charge in [0.1, 0.15) is 5.82 Å². The number of rotatable bonds is 2. The molecular formula is C13H10F2N2O. The van der Waals surface area contributed by atoms with Crippen molar-refractivity contribution in [1.82, 2.24) is 4.98 Å². The van der Waals surface area contributed by atoms with E-state index in [0.717, 1.165) is 6.20 Å². The molecule has 2 aromatic rings. The Morgan fingerprint density at radius 1 is 1.28 bits per heavy atom. The first-order valence-electron chi connectivity index (χ1n) is 5.25. The molecule has 1 N–H and O–H groups in total. The second-order valence-corrected chi connectivity index (χ2v) is 3.77. The van der Waals surface area contributed by atoms with Crippen LogP contribution in [0.4, 0.5) is 14.5 Å². The number of carbonyl (C=O) groups excluding carboxylic acids is 1. The zero-order valence-corrected chi connectivity index (χ0v) is 9.58. The van der Waals surface area contributed by atoms with Crippen LogP contribution in [0.1, 0.15) is 15.9 Å². The second kappa shape index (κ2) is 4.91. The number of halogens is 2. The molecule has 0 fully saturated rings. The molecule has 0 aliphatic carbocycles. The fourth-order valence-electron chi connectivity index (χ4n) is 1.55. The molecule has 0 spiro atoms. The number of anilines is 1. The van der Waals surface area contributed by atoms with E-state index in [1.54, 1.807) is 6.92 Å². The van der Waals surface area contributed by atoms with Gasteiger partial charge in [-0.3, -0.25) is 9.78 Å². The minimum Gasteiger partial charge on any atom is -0.319 e. The molecule has 0 saturated carbocycles. The maximum absolute atomic E-state index is 13.3. The van der Waals surface area contributed by atoms with Crippen LogP contribution in [0.25, 0.3) is 0 Å². The Hall–Kier alpha value is -2.30. The minimum absolute atomic E-state index is 0.0405. The fraction of sp³-hybridized carbons (Fsp3) is 0.0769. The van der Waals surface area contributed by atoms with Gasteiger partial charge in [-0.05, 0) is 36.8 Å². The summed E-state index contributed by atoms with van der Waals surface area (Å²) in [5.74, 6) is -1.53. The monoisotopic (exact) mass is 248 g/mol. The number of nitrogens with one attached hydrogen (secondary N) is 1. The highest BCUT2D eigenvalue weighted by molar-refractivity contribution is 6.05. The lowest BCUT2D eigenvalue weighted by atomic mass is 10.1. The molecule has 0 radical (unpaired) electrons. The SMILES string of the molecule is Cc1cc(F)ccc1C(=O)Nc1ccncc1F. The predicted octanol–water partition coefficient (Wildman–Crippen LogP) is 2.92. The lowest BCUT2D eigenvalue weighted by Crippen LogP contribution is -2.14. The first kappa shape index (κ1) is 12.2. The Morgan fingerprint density at radius 2 is 2.06 bits per heavy atom. The summed E-state index contributed by atoms with van der Waals surface area (Å²) in [4.78, 5) is 15.5. The number of hydrogen-bond donors (Lipinski definition) is 1. The minimum atomic E-state index is -0.620. The number of carbonyl (C=O) groups is 1. The summed E-state index contributed by atoms with van der Waals surface area (Å²) in [6.07, 6.45) is 2.38.